The third-order valence-electron chi connectivity index (χ3n) is 3.22. The Morgan fingerprint density at radius 2 is 2.17 bits per heavy atom. The Kier molecular flexibility index (Phi) is 3.89. The molecule has 3 rings (SSSR count). The van der Waals surface area contributed by atoms with Gasteiger partial charge in [0.1, 0.15) is 23.9 Å². The number of aryl methyl sites for hydroxylation is 1. The summed E-state index contributed by atoms with van der Waals surface area (Å²) < 4.78 is 10.9. The molecule has 0 aliphatic carbocycles. The van der Waals surface area contributed by atoms with E-state index in [9.17, 15) is 5.26 Å². The Morgan fingerprint density at radius 3 is 2.87 bits per heavy atom. The van der Waals surface area contributed by atoms with E-state index in [4.69, 9.17) is 14.9 Å². The number of hydrogen-bond acceptors (Lipinski definition) is 7. The highest BCUT2D eigenvalue weighted by molar-refractivity contribution is 5.65. The van der Waals surface area contributed by atoms with Gasteiger partial charge in [0.25, 0.3) is 0 Å². The van der Waals surface area contributed by atoms with E-state index in [1.807, 2.05) is 25.1 Å². The molecule has 0 atom stereocenters. The molecule has 3 aromatic rings. The predicted octanol–water partition coefficient (Wildman–Crippen LogP) is 2.47. The van der Waals surface area contributed by atoms with Gasteiger partial charge >= 0.3 is 0 Å². The van der Waals surface area contributed by atoms with Gasteiger partial charge < -0.3 is 14.9 Å². The van der Waals surface area contributed by atoms with E-state index >= 15 is 0 Å². The van der Waals surface area contributed by atoms with Gasteiger partial charge in [-0.05, 0) is 30.7 Å². The summed E-state index contributed by atoms with van der Waals surface area (Å²) in [7, 11) is 0. The zero-order valence-corrected chi connectivity index (χ0v) is 12.4. The number of ether oxygens (including phenoxy) is 1. The first kappa shape index (κ1) is 14.5. The van der Waals surface area contributed by atoms with E-state index in [0.717, 1.165) is 11.3 Å². The first-order valence-corrected chi connectivity index (χ1v) is 6.84. The summed E-state index contributed by atoms with van der Waals surface area (Å²) in [6, 6.07) is 9.21. The molecule has 0 aliphatic rings. The van der Waals surface area contributed by atoms with Crippen LogP contribution in [0.5, 0.6) is 5.88 Å². The molecule has 0 saturated heterocycles. The molecular formula is C16H13N5O2. The van der Waals surface area contributed by atoms with Crippen LogP contribution >= 0.6 is 0 Å². The van der Waals surface area contributed by atoms with Crippen molar-refractivity contribution >= 4 is 5.95 Å². The van der Waals surface area contributed by atoms with E-state index in [-0.39, 0.29) is 24.0 Å². The van der Waals surface area contributed by atoms with E-state index in [2.05, 4.69) is 15.0 Å². The zero-order valence-electron chi connectivity index (χ0n) is 12.4. The Bertz CT molecular complexity index is 869. The van der Waals surface area contributed by atoms with Gasteiger partial charge in [-0.25, -0.2) is 4.98 Å². The second-order valence-corrected chi connectivity index (χ2v) is 4.76. The zero-order chi connectivity index (χ0) is 16.2. The van der Waals surface area contributed by atoms with Crippen molar-refractivity contribution in [2.24, 2.45) is 0 Å². The fourth-order valence-corrected chi connectivity index (χ4v) is 2.06. The summed E-state index contributed by atoms with van der Waals surface area (Å²) in [6.07, 6.45) is 3.17. The molecule has 0 bridgehead atoms. The van der Waals surface area contributed by atoms with Gasteiger partial charge in [0.15, 0.2) is 5.76 Å². The molecule has 0 unspecified atom stereocenters. The van der Waals surface area contributed by atoms with E-state index < -0.39 is 0 Å². The average Bonchev–Trinajstić information content (AvgIpc) is 3.08. The van der Waals surface area contributed by atoms with Gasteiger partial charge in [0.2, 0.25) is 11.8 Å². The standard InChI is InChI=1S/C16H13N5O2/c1-10-4-2-6-19-12(10)9-23-15-11(8-17)14(20-16(18)21-15)13-5-3-7-22-13/h2-7H,9H2,1H3,(H2,18,20,21). The van der Waals surface area contributed by atoms with Crippen molar-refractivity contribution < 1.29 is 9.15 Å². The summed E-state index contributed by atoms with van der Waals surface area (Å²) >= 11 is 0. The molecule has 2 N–H and O–H groups in total. The second kappa shape index (κ2) is 6.15. The number of furan rings is 1. The van der Waals surface area contributed by atoms with E-state index in [0.29, 0.717) is 11.5 Å². The summed E-state index contributed by atoms with van der Waals surface area (Å²) in [6.45, 7) is 2.11. The SMILES string of the molecule is Cc1cccnc1COc1nc(N)nc(-c2ccco2)c1C#N. The topological polar surface area (TPSA) is 111 Å². The van der Waals surface area contributed by atoms with Crippen LogP contribution in [-0.4, -0.2) is 15.0 Å². The lowest BCUT2D eigenvalue weighted by Gasteiger charge is -2.10. The summed E-state index contributed by atoms with van der Waals surface area (Å²) in [5.41, 5.74) is 7.93. The number of aromatic nitrogens is 3. The van der Waals surface area contributed by atoms with Crippen molar-refractivity contribution in [2.75, 3.05) is 5.73 Å². The number of hydrogen-bond donors (Lipinski definition) is 1. The molecule has 0 saturated carbocycles. The molecule has 0 spiro atoms. The first-order valence-electron chi connectivity index (χ1n) is 6.84. The van der Waals surface area contributed by atoms with Crippen molar-refractivity contribution in [2.45, 2.75) is 13.5 Å². The number of nitrogen functional groups attached to an aromatic ring is 1. The van der Waals surface area contributed by atoms with Crippen LogP contribution < -0.4 is 10.5 Å². The van der Waals surface area contributed by atoms with Crippen LogP contribution in [0.4, 0.5) is 5.95 Å². The minimum atomic E-state index is 0.00291. The van der Waals surface area contributed by atoms with Crippen LogP contribution in [0.25, 0.3) is 11.5 Å². The quantitative estimate of drug-likeness (QED) is 0.788. The van der Waals surface area contributed by atoms with Gasteiger partial charge in [-0.1, -0.05) is 6.07 Å². The number of nitrogens with two attached hydrogens (primary N) is 1. The molecular weight excluding hydrogens is 294 g/mol. The predicted molar refractivity (Wildman–Crippen MR) is 82.2 cm³/mol. The smallest absolute Gasteiger partial charge is 0.237 e. The molecule has 7 nitrogen and oxygen atoms in total. The third kappa shape index (κ3) is 2.96. The lowest BCUT2D eigenvalue weighted by molar-refractivity contribution is 0.287. The molecule has 3 heterocycles. The van der Waals surface area contributed by atoms with Gasteiger partial charge in [-0.15, -0.1) is 0 Å². The fraction of sp³-hybridized carbons (Fsp3) is 0.125. The van der Waals surface area contributed by atoms with Gasteiger partial charge in [-0.3, -0.25) is 4.98 Å². The van der Waals surface area contributed by atoms with Crippen LogP contribution in [0, 0.1) is 18.3 Å². The maximum absolute atomic E-state index is 9.43. The number of anilines is 1. The third-order valence-corrected chi connectivity index (χ3v) is 3.22. The Morgan fingerprint density at radius 1 is 1.30 bits per heavy atom. The monoisotopic (exact) mass is 307 g/mol. The Balaban J connectivity index is 1.96. The number of rotatable bonds is 4. The second-order valence-electron chi connectivity index (χ2n) is 4.76. The normalized spacial score (nSPS) is 10.3. The van der Waals surface area contributed by atoms with Crippen molar-refractivity contribution in [1.29, 1.82) is 5.26 Å². The summed E-state index contributed by atoms with van der Waals surface area (Å²) in [4.78, 5) is 12.3. The highest BCUT2D eigenvalue weighted by Crippen LogP contribution is 2.28. The van der Waals surface area contributed by atoms with Gasteiger partial charge in [0, 0.05) is 6.20 Å². The lowest BCUT2D eigenvalue weighted by atomic mass is 10.2. The molecule has 3 aromatic heterocycles. The minimum absolute atomic E-state index is 0.00291. The minimum Gasteiger partial charge on any atom is -0.470 e. The molecule has 23 heavy (non-hydrogen) atoms. The van der Waals surface area contributed by atoms with E-state index in [1.54, 1.807) is 18.3 Å². The highest BCUT2D eigenvalue weighted by atomic mass is 16.5. The maximum atomic E-state index is 9.43. The number of nitrogens with zero attached hydrogens (tertiary/aromatic N) is 4. The van der Waals surface area contributed by atoms with Crippen molar-refractivity contribution in [3.63, 3.8) is 0 Å². The highest BCUT2D eigenvalue weighted by Gasteiger charge is 2.18. The van der Waals surface area contributed by atoms with Gasteiger partial charge in [-0.2, -0.15) is 10.2 Å². The van der Waals surface area contributed by atoms with Crippen molar-refractivity contribution in [3.8, 4) is 23.4 Å². The van der Waals surface area contributed by atoms with Crippen LogP contribution in [0.15, 0.2) is 41.1 Å². The number of nitriles is 1. The van der Waals surface area contributed by atoms with Gasteiger partial charge in [0.05, 0.1) is 12.0 Å². The lowest BCUT2D eigenvalue weighted by Crippen LogP contribution is -2.07. The molecule has 0 amide bonds. The first-order chi connectivity index (χ1) is 11.2. The summed E-state index contributed by atoms with van der Waals surface area (Å²) in [5.74, 6) is 0.536. The van der Waals surface area contributed by atoms with Crippen molar-refractivity contribution in [3.05, 3.63) is 53.5 Å². The van der Waals surface area contributed by atoms with E-state index in [1.165, 1.54) is 6.26 Å². The van der Waals surface area contributed by atoms with Crippen molar-refractivity contribution in [1.82, 2.24) is 15.0 Å². The molecule has 7 heteroatoms. The molecule has 0 aromatic carbocycles. The Hall–Kier alpha value is -3.40. The average molecular weight is 307 g/mol. The molecule has 0 radical (unpaired) electrons. The molecule has 114 valence electrons. The van der Waals surface area contributed by atoms with Crippen LogP contribution in [0.1, 0.15) is 16.8 Å². The summed E-state index contributed by atoms with van der Waals surface area (Å²) in [5, 5.41) is 9.43. The largest absolute Gasteiger partial charge is 0.470 e. The maximum Gasteiger partial charge on any atom is 0.237 e. The molecule has 0 aliphatic heterocycles. The van der Waals surface area contributed by atoms with Crippen LogP contribution in [0.2, 0.25) is 0 Å². The number of pyridine rings is 1. The fourth-order valence-electron chi connectivity index (χ4n) is 2.06. The van der Waals surface area contributed by atoms with Crippen LogP contribution in [0.3, 0.4) is 0 Å². The molecule has 0 fully saturated rings. The van der Waals surface area contributed by atoms with Crippen LogP contribution in [-0.2, 0) is 6.61 Å². The Labute approximate surface area is 132 Å².